The Morgan fingerprint density at radius 1 is 1.30 bits per heavy atom. The van der Waals surface area contributed by atoms with Crippen molar-refractivity contribution in [1.29, 1.82) is 0 Å². The summed E-state index contributed by atoms with van der Waals surface area (Å²) in [4.78, 5) is 30.9. The molecule has 0 bridgehead atoms. The smallest absolute Gasteiger partial charge is 0.279 e. The lowest BCUT2D eigenvalue weighted by Gasteiger charge is -2.07. The predicted octanol–water partition coefficient (Wildman–Crippen LogP) is 0.909. The summed E-state index contributed by atoms with van der Waals surface area (Å²) in [5.41, 5.74) is -0.0609. The van der Waals surface area contributed by atoms with Gasteiger partial charge in [0.25, 0.3) is 11.5 Å². The first kappa shape index (κ1) is 12.1. The lowest BCUT2D eigenvalue weighted by molar-refractivity contribution is 0.102. The van der Waals surface area contributed by atoms with Crippen LogP contribution in [0.2, 0.25) is 0 Å². The number of aromatic amines is 1. The number of amides is 1. The van der Waals surface area contributed by atoms with Gasteiger partial charge in [-0.3, -0.25) is 14.9 Å². The normalized spacial score (nSPS) is 10.7. The molecule has 0 saturated heterocycles. The van der Waals surface area contributed by atoms with Crippen molar-refractivity contribution in [2.24, 2.45) is 7.05 Å². The third-order valence-electron chi connectivity index (χ3n) is 2.90. The van der Waals surface area contributed by atoms with E-state index in [4.69, 9.17) is 0 Å². The summed E-state index contributed by atoms with van der Waals surface area (Å²) in [6, 6.07) is 6.87. The maximum absolute atomic E-state index is 12.2. The molecule has 2 aromatic heterocycles. The van der Waals surface area contributed by atoms with Crippen molar-refractivity contribution in [3.63, 3.8) is 0 Å². The van der Waals surface area contributed by atoms with Crippen LogP contribution in [0.5, 0.6) is 0 Å². The molecule has 7 heteroatoms. The molecule has 0 aliphatic rings. The Kier molecular flexibility index (Phi) is 2.79. The number of rotatable bonds is 2. The summed E-state index contributed by atoms with van der Waals surface area (Å²) in [7, 11) is 1.51. The molecule has 0 radical (unpaired) electrons. The number of benzene rings is 1. The minimum absolute atomic E-state index is 0.180. The van der Waals surface area contributed by atoms with Crippen molar-refractivity contribution in [3.05, 3.63) is 52.7 Å². The summed E-state index contributed by atoms with van der Waals surface area (Å²) in [6.07, 6.45) is 3.13. The van der Waals surface area contributed by atoms with Crippen molar-refractivity contribution in [3.8, 4) is 0 Å². The standard InChI is InChI=1S/C13H11N5O2/c1-18-12(20)9-5-3-2-4-8(9)10(17-18)11(19)16-13-14-6-7-15-13/h2-7H,1H3,(H2,14,15,16,19). The predicted molar refractivity (Wildman–Crippen MR) is 73.5 cm³/mol. The molecule has 3 aromatic rings. The largest absolute Gasteiger partial charge is 0.331 e. The Hall–Kier alpha value is -2.96. The van der Waals surface area contributed by atoms with Crippen molar-refractivity contribution in [2.75, 3.05) is 5.32 Å². The lowest BCUT2D eigenvalue weighted by atomic mass is 10.1. The minimum Gasteiger partial charge on any atom is -0.331 e. The molecule has 0 atom stereocenters. The fraction of sp³-hybridized carbons (Fsp3) is 0.0769. The van der Waals surface area contributed by atoms with Gasteiger partial charge in [-0.15, -0.1) is 0 Å². The second kappa shape index (κ2) is 4.61. The van der Waals surface area contributed by atoms with Crippen LogP contribution in [0.25, 0.3) is 10.8 Å². The third-order valence-corrected chi connectivity index (χ3v) is 2.90. The molecular formula is C13H11N5O2. The highest BCUT2D eigenvalue weighted by molar-refractivity contribution is 6.10. The zero-order chi connectivity index (χ0) is 14.1. The number of nitrogens with zero attached hydrogens (tertiary/aromatic N) is 3. The van der Waals surface area contributed by atoms with E-state index in [0.717, 1.165) is 4.68 Å². The summed E-state index contributed by atoms with van der Waals surface area (Å²) in [5, 5.41) is 7.59. The monoisotopic (exact) mass is 269 g/mol. The fourth-order valence-corrected chi connectivity index (χ4v) is 1.97. The Morgan fingerprint density at radius 3 is 2.75 bits per heavy atom. The number of carbonyl (C=O) groups excluding carboxylic acids is 1. The van der Waals surface area contributed by atoms with E-state index in [9.17, 15) is 9.59 Å². The molecule has 0 unspecified atom stereocenters. The van der Waals surface area contributed by atoms with Crippen LogP contribution >= 0.6 is 0 Å². The number of aromatic nitrogens is 4. The number of anilines is 1. The van der Waals surface area contributed by atoms with E-state index in [0.29, 0.717) is 16.7 Å². The van der Waals surface area contributed by atoms with Crippen molar-refractivity contribution in [2.45, 2.75) is 0 Å². The number of hydrogen-bond acceptors (Lipinski definition) is 4. The first-order chi connectivity index (χ1) is 9.66. The molecule has 1 amide bonds. The highest BCUT2D eigenvalue weighted by atomic mass is 16.2. The first-order valence-electron chi connectivity index (χ1n) is 5.93. The fourth-order valence-electron chi connectivity index (χ4n) is 1.97. The molecule has 2 N–H and O–H groups in total. The molecule has 0 saturated carbocycles. The Balaban J connectivity index is 2.14. The number of aryl methyl sites for hydroxylation is 1. The molecular weight excluding hydrogens is 258 g/mol. The summed E-state index contributed by atoms with van der Waals surface area (Å²) in [6.45, 7) is 0. The topological polar surface area (TPSA) is 92.7 Å². The van der Waals surface area contributed by atoms with E-state index in [2.05, 4.69) is 20.4 Å². The van der Waals surface area contributed by atoms with E-state index in [1.165, 1.54) is 13.2 Å². The number of imidazole rings is 1. The van der Waals surface area contributed by atoms with Gasteiger partial charge in [-0.05, 0) is 6.07 Å². The maximum Gasteiger partial charge on any atom is 0.279 e. The highest BCUT2D eigenvalue weighted by Gasteiger charge is 2.16. The van der Waals surface area contributed by atoms with Gasteiger partial charge in [-0.25, -0.2) is 9.67 Å². The van der Waals surface area contributed by atoms with Crippen LogP contribution in [-0.2, 0) is 7.05 Å². The SMILES string of the molecule is Cn1nc(C(=O)Nc2ncc[nH]2)c2ccccc2c1=O. The van der Waals surface area contributed by atoms with Gasteiger partial charge in [-0.2, -0.15) is 5.10 Å². The molecule has 100 valence electrons. The van der Waals surface area contributed by atoms with Crippen LogP contribution in [0.15, 0.2) is 41.5 Å². The van der Waals surface area contributed by atoms with E-state index in [1.54, 1.807) is 30.5 Å². The molecule has 20 heavy (non-hydrogen) atoms. The molecule has 0 aliphatic heterocycles. The van der Waals surface area contributed by atoms with Crippen molar-refractivity contribution < 1.29 is 4.79 Å². The van der Waals surface area contributed by atoms with Crippen LogP contribution in [0.1, 0.15) is 10.5 Å². The summed E-state index contributed by atoms with van der Waals surface area (Å²) < 4.78 is 1.15. The number of carbonyl (C=O) groups is 1. The molecule has 0 fully saturated rings. The average molecular weight is 269 g/mol. The molecule has 2 heterocycles. The minimum atomic E-state index is -0.424. The van der Waals surface area contributed by atoms with Gasteiger partial charge in [0.1, 0.15) is 0 Å². The van der Waals surface area contributed by atoms with Gasteiger partial charge in [-0.1, -0.05) is 18.2 Å². The van der Waals surface area contributed by atoms with Gasteiger partial charge < -0.3 is 4.98 Å². The quantitative estimate of drug-likeness (QED) is 0.723. The third kappa shape index (κ3) is 1.95. The van der Waals surface area contributed by atoms with E-state index in [-0.39, 0.29) is 11.3 Å². The van der Waals surface area contributed by atoms with Gasteiger partial charge >= 0.3 is 0 Å². The van der Waals surface area contributed by atoms with Crippen molar-refractivity contribution in [1.82, 2.24) is 19.7 Å². The van der Waals surface area contributed by atoms with E-state index >= 15 is 0 Å². The zero-order valence-corrected chi connectivity index (χ0v) is 10.6. The highest BCUT2D eigenvalue weighted by Crippen LogP contribution is 2.13. The Bertz CT molecular complexity index is 836. The lowest BCUT2D eigenvalue weighted by Crippen LogP contribution is -2.25. The molecule has 7 nitrogen and oxygen atoms in total. The van der Waals surface area contributed by atoms with Crippen molar-refractivity contribution >= 4 is 22.6 Å². The van der Waals surface area contributed by atoms with Crippen LogP contribution in [0.4, 0.5) is 5.95 Å². The van der Waals surface area contributed by atoms with E-state index in [1.807, 2.05) is 0 Å². The van der Waals surface area contributed by atoms with Crippen LogP contribution in [0, 0.1) is 0 Å². The van der Waals surface area contributed by atoms with Crippen LogP contribution in [-0.4, -0.2) is 25.7 Å². The zero-order valence-electron chi connectivity index (χ0n) is 10.6. The second-order valence-electron chi connectivity index (χ2n) is 4.21. The van der Waals surface area contributed by atoms with E-state index < -0.39 is 5.91 Å². The molecule has 3 rings (SSSR count). The van der Waals surface area contributed by atoms with Gasteiger partial charge in [0.15, 0.2) is 5.69 Å². The van der Waals surface area contributed by atoms with Crippen LogP contribution < -0.4 is 10.9 Å². The average Bonchev–Trinajstić information content (AvgIpc) is 2.95. The maximum atomic E-state index is 12.2. The summed E-state index contributed by atoms with van der Waals surface area (Å²) >= 11 is 0. The number of fused-ring (bicyclic) bond motifs is 1. The number of H-pyrrole nitrogens is 1. The number of nitrogens with one attached hydrogen (secondary N) is 2. The van der Waals surface area contributed by atoms with Crippen LogP contribution in [0.3, 0.4) is 0 Å². The van der Waals surface area contributed by atoms with Gasteiger partial charge in [0, 0.05) is 24.8 Å². The summed E-state index contributed by atoms with van der Waals surface area (Å²) in [5.74, 6) is -0.0958. The van der Waals surface area contributed by atoms with Gasteiger partial charge in [0.2, 0.25) is 5.95 Å². The Morgan fingerprint density at radius 2 is 2.05 bits per heavy atom. The molecule has 0 spiro atoms. The second-order valence-corrected chi connectivity index (χ2v) is 4.21. The Labute approximate surface area is 113 Å². The molecule has 0 aliphatic carbocycles. The number of hydrogen-bond donors (Lipinski definition) is 2. The van der Waals surface area contributed by atoms with Gasteiger partial charge in [0.05, 0.1) is 5.39 Å². The first-order valence-corrected chi connectivity index (χ1v) is 5.93. The molecule has 1 aromatic carbocycles.